The Morgan fingerprint density at radius 3 is 0.639 bits per heavy atom. The van der Waals surface area contributed by atoms with E-state index in [-0.39, 0.29) is 12.6 Å². The third kappa shape index (κ3) is 18.1. The molecule has 0 bridgehead atoms. The number of hydrogen-bond donors (Lipinski definition) is 0. The van der Waals surface area contributed by atoms with Crippen molar-refractivity contribution in [2.45, 2.75) is 143 Å². The molecule has 10 heteroatoms. The molecule has 2 aliphatic rings. The van der Waals surface area contributed by atoms with Crippen molar-refractivity contribution in [1.82, 2.24) is 0 Å². The molecule has 0 spiro atoms. The van der Waals surface area contributed by atoms with Crippen molar-refractivity contribution in [2.24, 2.45) is 0 Å². The van der Waals surface area contributed by atoms with Crippen molar-refractivity contribution < 1.29 is 28.5 Å². The summed E-state index contributed by atoms with van der Waals surface area (Å²) in [7, 11) is 0. The van der Waals surface area contributed by atoms with Gasteiger partial charge >= 0.3 is 0 Å². The summed E-state index contributed by atoms with van der Waals surface area (Å²) in [6.07, 6.45) is 20.2. The summed E-state index contributed by atoms with van der Waals surface area (Å²) in [5.41, 5.74) is 21.7. The van der Waals surface area contributed by atoms with Gasteiger partial charge in [-0.1, -0.05) is 225 Å². The molecule has 0 aromatic heterocycles. The third-order valence-corrected chi connectivity index (χ3v) is 24.4. The third-order valence-electron chi connectivity index (χ3n) is 24.4. The largest absolute Gasteiger partial charge is 0.346 e. The van der Waals surface area contributed by atoms with Crippen LogP contribution in [0.2, 0.25) is 0 Å². The zero-order valence-corrected chi connectivity index (χ0v) is 70.7. The lowest BCUT2D eigenvalue weighted by molar-refractivity contribution is -0.0443. The van der Waals surface area contributed by atoms with Crippen LogP contribution >= 0.6 is 0 Å². The van der Waals surface area contributed by atoms with Crippen LogP contribution in [0.25, 0.3) is 64.6 Å². The molecule has 16 aromatic rings. The second-order valence-corrected chi connectivity index (χ2v) is 32.6. The van der Waals surface area contributed by atoms with Gasteiger partial charge in [-0.3, -0.25) is 9.59 Å². The molecule has 0 N–H and O–H groups in total. The van der Waals surface area contributed by atoms with Crippen LogP contribution in [0.1, 0.15) is 171 Å². The van der Waals surface area contributed by atoms with E-state index in [9.17, 15) is 9.59 Å². The van der Waals surface area contributed by atoms with Crippen molar-refractivity contribution in [3.8, 4) is 0 Å². The minimum atomic E-state index is -0.314. The van der Waals surface area contributed by atoms with Crippen molar-refractivity contribution >= 4 is 145 Å². The number of carbonyl (C=O) groups excluding carboxylic acids is 2. The fraction of sp³-hybridized carbons (Fsp3) is 0.232. The monoisotopic (exact) mass is 1600 g/mol. The summed E-state index contributed by atoms with van der Waals surface area (Å²) in [5.74, 6) is 0. The standard InChI is InChI=1S/C58H58N2O4.C54H50N2O2/c1-3-5-7-11-41-15-23-45(24-16-41)59(47-27-19-43(20-28-47)57-61-35-36-62-57)49-31-33-53-54-34-32-50(40-56(54)52-14-10-9-13-51(52)55(53)39-49)60(46-25-17-42(18-26-46)12-8-6-4-2)48-29-21-44(22-30-48)58-63-37-38-64-58;1-3-5-7-11-39-15-23-43(24-16-39)55(45-27-19-41(37-57)20-28-45)47-31-33-51-52-34-32-48(36-54(52)50-14-10-9-13-49(50)53(51)35-47)56(46-29-21-42(38-58)22-30-46)44-25-17-40(18-26-44)12-8-6-4-2/h9-10,13-34,39-40,57-58H,3-8,11-12,35-38H2,1-2H3;9-10,13-38H,3-8,11-12H2,1-2H3. The molecule has 0 saturated carbocycles. The van der Waals surface area contributed by atoms with Crippen LogP contribution in [-0.2, 0) is 44.6 Å². The Balaban J connectivity index is 0.000000174. The number of anilines is 12. The SMILES string of the molecule is CCCCCc1ccc(N(c2ccc(C3OCCO3)cc2)c2ccc3c4ccc(N(c5ccc(CCCCC)cc5)c5ccc(C6OCCO6)cc5)cc4c4ccccc4c3c2)cc1.CCCCCc1ccc(N(c2ccc(C=O)cc2)c2ccc3c4ccc(N(c5ccc(C=O)cc5)c5ccc(CCCCC)cc5)cc4c4ccccc4c3c2)cc1. The first-order valence-corrected chi connectivity index (χ1v) is 44.3. The Bertz CT molecular complexity index is 5820. The number of rotatable bonds is 32. The average Bonchev–Trinajstić information content (AvgIpc) is 0.793. The van der Waals surface area contributed by atoms with Gasteiger partial charge in [0.2, 0.25) is 0 Å². The first-order chi connectivity index (χ1) is 60.2. The van der Waals surface area contributed by atoms with E-state index in [4.69, 9.17) is 18.9 Å². The Labute approximate surface area is 718 Å². The maximum absolute atomic E-state index is 11.6. The van der Waals surface area contributed by atoms with Gasteiger partial charge in [0.1, 0.15) is 12.6 Å². The molecule has 2 aliphatic heterocycles. The second kappa shape index (κ2) is 38.9. The highest BCUT2D eigenvalue weighted by molar-refractivity contribution is 6.28. The van der Waals surface area contributed by atoms with Crippen molar-refractivity contribution in [2.75, 3.05) is 46.0 Å². The van der Waals surface area contributed by atoms with Crippen molar-refractivity contribution in [1.29, 1.82) is 0 Å². The van der Waals surface area contributed by atoms with E-state index in [2.05, 4.69) is 314 Å². The zero-order chi connectivity index (χ0) is 83.1. The molecule has 0 unspecified atom stereocenters. The summed E-state index contributed by atoms with van der Waals surface area (Å²) in [6, 6.07) is 114. The number of aldehydes is 2. The van der Waals surface area contributed by atoms with E-state index < -0.39 is 0 Å². The first-order valence-electron chi connectivity index (χ1n) is 44.3. The minimum absolute atomic E-state index is 0.314. The van der Waals surface area contributed by atoms with Gasteiger partial charge in [-0.15, -0.1) is 0 Å². The van der Waals surface area contributed by atoms with E-state index >= 15 is 0 Å². The van der Waals surface area contributed by atoms with E-state index in [1.165, 1.54) is 164 Å². The molecule has 0 atom stereocenters. The van der Waals surface area contributed by atoms with Crippen LogP contribution in [-0.4, -0.2) is 39.0 Å². The Morgan fingerprint density at radius 1 is 0.230 bits per heavy atom. The quantitative estimate of drug-likeness (QED) is 0.0231. The summed E-state index contributed by atoms with van der Waals surface area (Å²) in [6.45, 7) is 11.5. The molecule has 2 saturated heterocycles. The molecule has 0 radical (unpaired) electrons. The number of fused-ring (bicyclic) bond motifs is 12. The van der Waals surface area contributed by atoms with Gasteiger partial charge in [-0.25, -0.2) is 0 Å². The molecule has 2 heterocycles. The molecule has 18 rings (SSSR count). The molecule has 122 heavy (non-hydrogen) atoms. The number of benzene rings is 16. The smallest absolute Gasteiger partial charge is 0.184 e. The number of carbonyl (C=O) groups is 2. The van der Waals surface area contributed by atoms with Gasteiger partial charge in [0.15, 0.2) is 12.6 Å². The number of nitrogens with zero attached hydrogens (tertiary/aromatic N) is 4. The van der Waals surface area contributed by atoms with E-state index in [1.807, 2.05) is 48.5 Å². The number of hydrogen-bond acceptors (Lipinski definition) is 10. The molecular weight excluding hydrogens is 1500 g/mol. The van der Waals surface area contributed by atoms with Gasteiger partial charge in [-0.05, 0) is 308 Å². The number of ether oxygens (including phenoxy) is 4. The predicted molar refractivity (Wildman–Crippen MR) is 510 cm³/mol. The van der Waals surface area contributed by atoms with Gasteiger partial charge in [-0.2, -0.15) is 0 Å². The maximum atomic E-state index is 11.6. The fourth-order valence-electron chi connectivity index (χ4n) is 17.8. The van der Waals surface area contributed by atoms with E-state index in [0.717, 1.165) is 118 Å². The topological polar surface area (TPSA) is 84.0 Å². The predicted octanol–water partition coefficient (Wildman–Crippen LogP) is 30.8. The summed E-state index contributed by atoms with van der Waals surface area (Å²) in [5, 5.41) is 14.5. The highest BCUT2D eigenvalue weighted by atomic mass is 16.7. The molecule has 16 aromatic carbocycles. The molecule has 0 aliphatic carbocycles. The van der Waals surface area contributed by atoms with Crippen LogP contribution in [0.4, 0.5) is 68.2 Å². The van der Waals surface area contributed by atoms with Crippen LogP contribution in [0.15, 0.2) is 315 Å². The fourth-order valence-corrected chi connectivity index (χ4v) is 17.8. The van der Waals surface area contributed by atoms with E-state index in [1.54, 1.807) is 0 Å². The van der Waals surface area contributed by atoms with Crippen LogP contribution in [0.5, 0.6) is 0 Å². The van der Waals surface area contributed by atoms with Crippen LogP contribution < -0.4 is 19.6 Å². The summed E-state index contributed by atoms with van der Waals surface area (Å²) >= 11 is 0. The lowest BCUT2D eigenvalue weighted by Crippen LogP contribution is -2.11. The minimum Gasteiger partial charge on any atom is -0.346 e. The number of unbranched alkanes of at least 4 members (excludes halogenated alkanes) is 8. The van der Waals surface area contributed by atoms with Gasteiger partial charge in [0.05, 0.1) is 26.4 Å². The van der Waals surface area contributed by atoms with Gasteiger partial charge in [0, 0.05) is 90.5 Å². The average molecular weight is 1610 g/mol. The zero-order valence-electron chi connectivity index (χ0n) is 70.7. The molecular formula is C112H108N4O6. The normalized spacial score (nSPS) is 13.0. The van der Waals surface area contributed by atoms with Crippen LogP contribution in [0, 0.1) is 0 Å². The first kappa shape index (κ1) is 81.8. The molecule has 2 fully saturated rings. The number of aryl methyl sites for hydroxylation is 4. The molecule has 10 nitrogen and oxygen atoms in total. The highest BCUT2D eigenvalue weighted by Crippen LogP contribution is 2.48. The highest BCUT2D eigenvalue weighted by Gasteiger charge is 2.26. The molecule has 612 valence electrons. The Hall–Kier alpha value is -12.5. The lowest BCUT2D eigenvalue weighted by Gasteiger charge is -2.27. The summed E-state index contributed by atoms with van der Waals surface area (Å²) in [4.78, 5) is 32.5. The van der Waals surface area contributed by atoms with Crippen molar-refractivity contribution in [3.63, 3.8) is 0 Å². The second-order valence-electron chi connectivity index (χ2n) is 32.6. The maximum Gasteiger partial charge on any atom is 0.184 e. The Morgan fingerprint density at radius 2 is 0.426 bits per heavy atom. The van der Waals surface area contributed by atoms with Gasteiger partial charge in [0.25, 0.3) is 0 Å². The molecule has 0 amide bonds. The Kier molecular flexibility index (Phi) is 26.1. The summed E-state index contributed by atoms with van der Waals surface area (Å²) < 4.78 is 23.4. The van der Waals surface area contributed by atoms with Crippen molar-refractivity contribution in [3.05, 3.63) is 360 Å². The van der Waals surface area contributed by atoms with Gasteiger partial charge < -0.3 is 38.5 Å². The van der Waals surface area contributed by atoms with E-state index in [0.29, 0.717) is 37.6 Å². The lowest BCUT2D eigenvalue weighted by atomic mass is 9.93. The van der Waals surface area contributed by atoms with Crippen LogP contribution in [0.3, 0.4) is 0 Å².